The fourth-order valence-electron chi connectivity index (χ4n) is 11.3. The maximum atomic E-state index is 10.5. The summed E-state index contributed by atoms with van der Waals surface area (Å²) in [7, 11) is 0. The average Bonchev–Trinajstić information content (AvgIpc) is 0.768. The van der Waals surface area contributed by atoms with Crippen LogP contribution in [-0.2, 0) is 37.3 Å². The van der Waals surface area contributed by atoms with E-state index in [1.807, 2.05) is 66.7 Å². The summed E-state index contributed by atoms with van der Waals surface area (Å²) in [5.74, 6) is 0.502. The van der Waals surface area contributed by atoms with Gasteiger partial charge in [-0.05, 0) is 154 Å². The van der Waals surface area contributed by atoms with Gasteiger partial charge in [-0.3, -0.25) is 4.57 Å². The maximum absolute atomic E-state index is 10.5. The Bertz CT molecular complexity index is 6070. The quantitative estimate of drug-likeness (QED) is 0.0956. The third kappa shape index (κ3) is 11.8. The third-order valence-electron chi connectivity index (χ3n) is 16.2. The largest absolute Gasteiger partial charge is 0.510 e. The summed E-state index contributed by atoms with van der Waals surface area (Å²) < 4.78 is 202. The third-order valence-corrected chi connectivity index (χ3v) is 16.2. The Hall–Kier alpha value is -9.67. The first-order valence-electron chi connectivity index (χ1n) is 40.0. The van der Waals surface area contributed by atoms with E-state index in [9.17, 15) is 9.60 Å². The molecule has 0 aliphatic heterocycles. The number of hydrogen-bond donors (Lipinski definition) is 0. The summed E-state index contributed by atoms with van der Waals surface area (Å²) in [6.07, 6.45) is 4.89. The van der Waals surface area contributed by atoms with Gasteiger partial charge in [0.05, 0.1) is 41.4 Å². The van der Waals surface area contributed by atoms with E-state index < -0.39 is 149 Å². The van der Waals surface area contributed by atoms with E-state index in [0.29, 0.717) is 44.3 Å². The van der Waals surface area contributed by atoms with Gasteiger partial charge in [0.2, 0.25) is 0 Å². The first-order valence-corrected chi connectivity index (χ1v) is 29.5. The van der Waals surface area contributed by atoms with Gasteiger partial charge in [0.1, 0.15) is 5.82 Å². The zero-order valence-electron chi connectivity index (χ0n) is 72.4. The van der Waals surface area contributed by atoms with Crippen LogP contribution in [0.25, 0.3) is 117 Å². The molecule has 0 saturated heterocycles. The van der Waals surface area contributed by atoms with Crippen LogP contribution in [0.5, 0.6) is 11.5 Å². The molecule has 0 radical (unpaired) electrons. The molecule has 0 aliphatic carbocycles. The molecule has 0 saturated carbocycles. The van der Waals surface area contributed by atoms with Crippen LogP contribution in [0.3, 0.4) is 0 Å². The fourth-order valence-corrected chi connectivity index (χ4v) is 11.3. The predicted molar refractivity (Wildman–Crippen MR) is 373 cm³/mol. The Labute approximate surface area is 579 Å². The minimum atomic E-state index is -2.87. The van der Waals surface area contributed by atoms with E-state index in [1.165, 1.54) is 12.3 Å². The summed E-state index contributed by atoms with van der Waals surface area (Å²) >= 11 is 0. The maximum Gasteiger partial charge on any atom is 0.268 e. The molecule has 91 heavy (non-hydrogen) atoms. The number of fused-ring (bicyclic) bond motifs is 4. The monoisotopic (exact) mass is 1380 g/mol. The second kappa shape index (κ2) is 23.9. The van der Waals surface area contributed by atoms with Crippen molar-refractivity contribution in [2.24, 2.45) is 0 Å². The number of nitrogens with zero attached hydrogens (tertiary/aromatic N) is 4. The van der Waals surface area contributed by atoms with Crippen molar-refractivity contribution < 1.29 is 59.2 Å². The van der Waals surface area contributed by atoms with Crippen LogP contribution in [0.4, 0.5) is 0 Å². The van der Waals surface area contributed by atoms with E-state index in [4.69, 9.17) is 28.9 Å². The smallest absolute Gasteiger partial charge is 0.268 e. The molecule has 0 spiro atoms. The van der Waals surface area contributed by atoms with Gasteiger partial charge in [-0.2, -0.15) is 18.2 Å². The summed E-state index contributed by atoms with van der Waals surface area (Å²) in [6, 6.07) is 37.2. The molecular formula is C85H72N4OPt-2. The van der Waals surface area contributed by atoms with Gasteiger partial charge in [0, 0.05) is 54.0 Å². The molecule has 450 valence electrons. The fraction of sp³-hybridized carbons (Fsp3) is 0.153. The number of para-hydroxylation sites is 2. The molecule has 0 amide bonds. The Morgan fingerprint density at radius 1 is 0.462 bits per heavy atom. The summed E-state index contributed by atoms with van der Waals surface area (Å²) in [6.45, 7) is 16.1. The van der Waals surface area contributed by atoms with Crippen LogP contribution in [0.15, 0.2) is 254 Å². The molecule has 3 heterocycles. The van der Waals surface area contributed by atoms with E-state index >= 15 is 0 Å². The molecule has 14 rings (SSSR count). The minimum Gasteiger partial charge on any atom is -0.510 e. The van der Waals surface area contributed by atoms with Crippen LogP contribution >= 0.6 is 0 Å². The normalized spacial score (nSPS) is 15.4. The van der Waals surface area contributed by atoms with Gasteiger partial charge >= 0.3 is 0 Å². The van der Waals surface area contributed by atoms with Crippen molar-refractivity contribution >= 4 is 32.8 Å². The molecule has 5 nitrogen and oxygen atoms in total. The van der Waals surface area contributed by atoms with Crippen LogP contribution in [0.2, 0.25) is 0 Å². The molecule has 0 N–H and O–H groups in total. The summed E-state index contributed by atoms with van der Waals surface area (Å²) in [5, 5.41) is 1.44. The Morgan fingerprint density at radius 3 is 1.68 bits per heavy atom. The van der Waals surface area contributed by atoms with Gasteiger partial charge in [-0.1, -0.05) is 249 Å². The van der Waals surface area contributed by atoms with Crippen LogP contribution in [0.1, 0.15) is 113 Å². The molecule has 0 unspecified atom stereocenters. The Morgan fingerprint density at radius 2 is 1.04 bits per heavy atom. The second-order valence-corrected chi connectivity index (χ2v) is 25.3. The number of rotatable bonds is 11. The molecule has 3 aromatic heterocycles. The van der Waals surface area contributed by atoms with Crippen molar-refractivity contribution in [3.8, 4) is 95.5 Å². The topological polar surface area (TPSA) is 35.9 Å². The number of benzene rings is 11. The number of ether oxygens (including phenoxy) is 1. The molecular weight excluding hydrogens is 1290 g/mol. The van der Waals surface area contributed by atoms with Crippen LogP contribution in [-0.4, -0.2) is 14.1 Å². The van der Waals surface area contributed by atoms with Crippen LogP contribution < -0.4 is 9.30 Å². The van der Waals surface area contributed by atoms with Crippen molar-refractivity contribution in [3.63, 3.8) is 0 Å². The molecule has 0 fully saturated rings. The van der Waals surface area contributed by atoms with Gasteiger partial charge in [-0.25, -0.2) is 4.98 Å². The van der Waals surface area contributed by atoms with E-state index in [2.05, 4.69) is 111 Å². The molecule has 0 atom stereocenters. The summed E-state index contributed by atoms with van der Waals surface area (Å²) in [4.78, 5) is 4.74. The number of hydrogen-bond acceptors (Lipinski definition) is 2. The molecule has 6 heteroatoms. The van der Waals surface area contributed by atoms with E-state index in [1.54, 1.807) is 50.1 Å². The SMILES string of the molecule is [2H]c1c([2H])c([2H])c(-c2cnc(-n3c4[c-]c(Oc5[c-]c(-n6[c-][n+](-c7c(-c8cc(C(C)(C)C)cc(C(C)(C)C)c8)cccc7-c7c([2H])c(-c8c([2H])c([2H])c([2H])c([2H])c8[2H])c([2H])c(-c8c([2H])c([2H])c([2H])c([2H])c8[2H])c7[2H])c7ccc(-c8ccc(C(C)(C)C)cc8)cc76)ccc5)ccc4c4ccccc43)cc2C([2H])([2H])[2H])c([2H])c1[2H].[Pt]. The van der Waals surface area contributed by atoms with Crippen molar-refractivity contribution in [1.29, 1.82) is 0 Å². The standard InChI is InChI=1S/C85H72N4O.Pt/c1-56-44-81(86-54-76(56)60-28-18-13-19-29-60)89-77-35-21-20-32-74(77)75-42-41-71(53-79(75)89)90-70-31-22-30-69(52-70)87-55-88(78-43-38-61(50-80(78)87)59-36-39-66(40-37-59)83(2,3)4)82-72(33-23-34-73(82)65-48-67(84(5,6)7)51-68(49-65)85(8,9)10)64-46-62(57-24-14-11-15-25-57)45-63(47-64)58-26-16-12-17-27-58;/h11-51,54H,1-10H3;/q-2;/i1D3,11D,12D,13D,14D,15D,16D,17D,18D,19D,24D,25D,26D,27D,28D,29D,45D,46D,47D;. The average molecular weight is 1380 g/mol. The zero-order valence-corrected chi connectivity index (χ0v) is 53.6. The molecule has 0 bridgehead atoms. The first-order chi connectivity index (χ1) is 52.1. The first kappa shape index (κ1) is 40.1. The van der Waals surface area contributed by atoms with E-state index in [0.717, 1.165) is 33.2 Å². The van der Waals surface area contributed by atoms with E-state index in [-0.39, 0.29) is 77.3 Å². The Kier molecular flexibility index (Phi) is 10.6. The van der Waals surface area contributed by atoms with Crippen molar-refractivity contribution in [2.45, 2.75) is 85.4 Å². The number of pyridine rings is 1. The van der Waals surface area contributed by atoms with Gasteiger partial charge in [-0.15, -0.1) is 29.7 Å². The second-order valence-electron chi connectivity index (χ2n) is 25.3. The van der Waals surface area contributed by atoms with Gasteiger partial charge in [0.15, 0.2) is 0 Å². The predicted octanol–water partition coefficient (Wildman–Crippen LogP) is 21.8. The minimum absolute atomic E-state index is 0. The van der Waals surface area contributed by atoms with Crippen molar-refractivity contribution in [3.05, 3.63) is 295 Å². The number of aryl methyl sites for hydroxylation is 1. The van der Waals surface area contributed by atoms with Gasteiger partial charge in [0.25, 0.3) is 6.33 Å². The summed E-state index contributed by atoms with van der Waals surface area (Å²) in [5.41, 5.74) is 4.29. The number of aromatic nitrogens is 4. The van der Waals surface area contributed by atoms with Crippen molar-refractivity contribution in [2.75, 3.05) is 0 Å². The molecule has 0 aliphatic rings. The molecule has 14 aromatic rings. The van der Waals surface area contributed by atoms with Gasteiger partial charge < -0.3 is 13.9 Å². The number of imidazole rings is 1. The van der Waals surface area contributed by atoms with Crippen LogP contribution in [0, 0.1) is 25.3 Å². The zero-order chi connectivity index (χ0) is 80.2. The van der Waals surface area contributed by atoms with Crippen molar-refractivity contribution in [1.82, 2.24) is 14.1 Å². The molecule has 11 aromatic carbocycles. The Balaban J connectivity index is 0.0000110.